The van der Waals surface area contributed by atoms with Gasteiger partial charge in [0.2, 0.25) is 0 Å². The van der Waals surface area contributed by atoms with Crippen LogP contribution in [0.15, 0.2) is 54.6 Å². The second-order valence-electron chi connectivity index (χ2n) is 8.43. The van der Waals surface area contributed by atoms with Gasteiger partial charge in [0.05, 0.1) is 17.1 Å². The molecule has 1 N–H and O–H groups in total. The van der Waals surface area contributed by atoms with Gasteiger partial charge in [-0.2, -0.15) is 0 Å². The molecule has 30 heavy (non-hydrogen) atoms. The Labute approximate surface area is 179 Å². The van der Waals surface area contributed by atoms with Gasteiger partial charge >= 0.3 is 0 Å². The van der Waals surface area contributed by atoms with Gasteiger partial charge in [0, 0.05) is 39.3 Å². The fourth-order valence-corrected chi connectivity index (χ4v) is 4.48. The van der Waals surface area contributed by atoms with E-state index in [9.17, 15) is 5.11 Å². The number of aryl methyl sites for hydroxylation is 2. The second kappa shape index (κ2) is 10.2. The van der Waals surface area contributed by atoms with Crippen LogP contribution in [-0.2, 0) is 6.54 Å². The largest absolute Gasteiger partial charge is 0.387 e. The molecule has 0 spiro atoms. The van der Waals surface area contributed by atoms with E-state index in [-0.39, 0.29) is 6.10 Å². The van der Waals surface area contributed by atoms with Crippen LogP contribution >= 0.6 is 0 Å². The number of nitrogens with zero attached hydrogens (tertiary/aromatic N) is 4. The Morgan fingerprint density at radius 3 is 2.30 bits per heavy atom. The first-order valence-corrected chi connectivity index (χ1v) is 11.3. The molecule has 2 heterocycles. The molecule has 0 aliphatic carbocycles. The molecule has 2 aromatic carbocycles. The van der Waals surface area contributed by atoms with Crippen molar-refractivity contribution in [2.45, 2.75) is 38.8 Å². The van der Waals surface area contributed by atoms with Crippen LogP contribution < -0.4 is 0 Å². The molecule has 1 aromatic heterocycles. The maximum atomic E-state index is 10.4. The minimum atomic E-state index is -0.388. The van der Waals surface area contributed by atoms with E-state index in [1.807, 2.05) is 30.3 Å². The zero-order valence-electron chi connectivity index (χ0n) is 18.1. The Morgan fingerprint density at radius 1 is 0.833 bits per heavy atom. The molecule has 1 aliphatic rings. The molecular weight excluding hydrogens is 372 g/mol. The Balaban J connectivity index is 1.13. The second-order valence-corrected chi connectivity index (χ2v) is 8.43. The number of β-amino-alcohol motifs (C(OH)–C–C–N with tert-alkyl or cyclic N) is 1. The summed E-state index contributed by atoms with van der Waals surface area (Å²) in [5, 5.41) is 10.4. The standard InChI is InChI=1S/C25H34N4O/c1-21-26-23-12-6-7-13-24(23)29(21)15-9-3-8-14-27-16-18-28(19-17-27)20-25(30)22-10-4-2-5-11-22/h2,4-7,10-13,25,30H,3,8-9,14-20H2,1H3/t25-/m1/s1. The first kappa shape index (κ1) is 21.0. The third-order valence-corrected chi connectivity index (χ3v) is 6.28. The highest BCUT2D eigenvalue weighted by Gasteiger charge is 2.19. The van der Waals surface area contributed by atoms with Crippen molar-refractivity contribution in [3.05, 3.63) is 66.0 Å². The molecule has 0 bridgehead atoms. The number of para-hydroxylation sites is 2. The summed E-state index contributed by atoms with van der Waals surface area (Å²) in [6.45, 7) is 9.37. The average Bonchev–Trinajstić information content (AvgIpc) is 3.10. The summed E-state index contributed by atoms with van der Waals surface area (Å²) in [7, 11) is 0. The van der Waals surface area contributed by atoms with Gasteiger partial charge in [-0.05, 0) is 44.0 Å². The highest BCUT2D eigenvalue weighted by Crippen LogP contribution is 2.17. The molecule has 4 rings (SSSR count). The number of benzene rings is 2. The third-order valence-electron chi connectivity index (χ3n) is 6.28. The molecule has 1 saturated heterocycles. The monoisotopic (exact) mass is 406 g/mol. The zero-order chi connectivity index (χ0) is 20.8. The van der Waals surface area contributed by atoms with E-state index in [0.717, 1.165) is 56.2 Å². The lowest BCUT2D eigenvalue weighted by molar-refractivity contribution is 0.0719. The minimum Gasteiger partial charge on any atom is -0.387 e. The number of unbranched alkanes of at least 4 members (excludes halogenated alkanes) is 2. The van der Waals surface area contributed by atoms with E-state index in [4.69, 9.17) is 0 Å². The fraction of sp³-hybridized carbons (Fsp3) is 0.480. The number of rotatable bonds is 9. The Morgan fingerprint density at radius 2 is 1.50 bits per heavy atom. The zero-order valence-corrected chi connectivity index (χ0v) is 18.1. The van der Waals surface area contributed by atoms with Crippen molar-refractivity contribution in [3.63, 3.8) is 0 Å². The first-order valence-electron chi connectivity index (χ1n) is 11.3. The van der Waals surface area contributed by atoms with Crippen LogP contribution in [0.25, 0.3) is 11.0 Å². The molecule has 0 saturated carbocycles. The van der Waals surface area contributed by atoms with Crippen molar-refractivity contribution >= 4 is 11.0 Å². The molecule has 3 aromatic rings. The van der Waals surface area contributed by atoms with Crippen molar-refractivity contribution in [2.75, 3.05) is 39.3 Å². The molecule has 160 valence electrons. The fourth-order valence-electron chi connectivity index (χ4n) is 4.48. The summed E-state index contributed by atoms with van der Waals surface area (Å²) < 4.78 is 2.35. The highest BCUT2D eigenvalue weighted by atomic mass is 16.3. The number of fused-ring (bicyclic) bond motifs is 1. The van der Waals surface area contributed by atoms with Crippen LogP contribution in [-0.4, -0.2) is 63.7 Å². The van der Waals surface area contributed by atoms with Gasteiger partial charge in [-0.25, -0.2) is 4.98 Å². The molecule has 0 amide bonds. The van der Waals surface area contributed by atoms with Crippen molar-refractivity contribution in [3.8, 4) is 0 Å². The predicted octanol–water partition coefficient (Wildman–Crippen LogP) is 3.87. The maximum absolute atomic E-state index is 10.4. The minimum absolute atomic E-state index is 0.388. The summed E-state index contributed by atoms with van der Waals surface area (Å²) in [6, 6.07) is 18.4. The lowest BCUT2D eigenvalue weighted by Gasteiger charge is -2.35. The summed E-state index contributed by atoms with van der Waals surface area (Å²) >= 11 is 0. The van der Waals surface area contributed by atoms with E-state index in [1.54, 1.807) is 0 Å². The number of aliphatic hydroxyl groups excluding tert-OH is 1. The summed E-state index contributed by atoms with van der Waals surface area (Å²) in [5.41, 5.74) is 3.37. The predicted molar refractivity (Wildman–Crippen MR) is 123 cm³/mol. The number of aromatic nitrogens is 2. The molecule has 0 radical (unpaired) electrons. The van der Waals surface area contributed by atoms with Crippen LogP contribution in [0.1, 0.15) is 36.8 Å². The third kappa shape index (κ3) is 5.28. The van der Waals surface area contributed by atoms with E-state index in [1.165, 1.54) is 31.3 Å². The van der Waals surface area contributed by atoms with Crippen LogP contribution in [0.2, 0.25) is 0 Å². The molecule has 1 atom stereocenters. The Bertz CT molecular complexity index is 915. The van der Waals surface area contributed by atoms with Crippen molar-refractivity contribution < 1.29 is 5.11 Å². The molecular formula is C25H34N4O. The maximum Gasteiger partial charge on any atom is 0.106 e. The number of piperazine rings is 1. The van der Waals surface area contributed by atoms with Crippen LogP contribution in [0, 0.1) is 6.92 Å². The molecule has 0 unspecified atom stereocenters. The quantitative estimate of drug-likeness (QED) is 0.548. The highest BCUT2D eigenvalue weighted by molar-refractivity contribution is 5.75. The lowest BCUT2D eigenvalue weighted by atomic mass is 10.1. The van der Waals surface area contributed by atoms with E-state index in [0.29, 0.717) is 0 Å². The molecule has 1 aliphatic heterocycles. The van der Waals surface area contributed by atoms with Crippen LogP contribution in [0.4, 0.5) is 0 Å². The molecule has 5 heteroatoms. The lowest BCUT2D eigenvalue weighted by Crippen LogP contribution is -2.47. The van der Waals surface area contributed by atoms with E-state index >= 15 is 0 Å². The van der Waals surface area contributed by atoms with E-state index < -0.39 is 0 Å². The van der Waals surface area contributed by atoms with Crippen molar-refractivity contribution in [1.82, 2.24) is 19.4 Å². The van der Waals surface area contributed by atoms with Gasteiger partial charge in [-0.15, -0.1) is 0 Å². The van der Waals surface area contributed by atoms with Gasteiger partial charge in [-0.3, -0.25) is 4.90 Å². The number of hydrogen-bond donors (Lipinski definition) is 1. The SMILES string of the molecule is Cc1nc2ccccc2n1CCCCCN1CCN(C[C@@H](O)c2ccccc2)CC1. The van der Waals surface area contributed by atoms with Crippen LogP contribution in [0.3, 0.4) is 0 Å². The van der Waals surface area contributed by atoms with E-state index in [2.05, 4.69) is 50.5 Å². The van der Waals surface area contributed by atoms with Gasteiger partial charge in [0.15, 0.2) is 0 Å². The molecule has 5 nitrogen and oxygen atoms in total. The first-order chi connectivity index (χ1) is 14.7. The van der Waals surface area contributed by atoms with Gasteiger partial charge < -0.3 is 14.6 Å². The number of aliphatic hydroxyl groups is 1. The van der Waals surface area contributed by atoms with Crippen LogP contribution in [0.5, 0.6) is 0 Å². The summed E-state index contributed by atoms with van der Waals surface area (Å²) in [6.07, 6.45) is 3.31. The van der Waals surface area contributed by atoms with Crippen molar-refractivity contribution in [2.24, 2.45) is 0 Å². The van der Waals surface area contributed by atoms with Gasteiger partial charge in [0.1, 0.15) is 5.82 Å². The summed E-state index contributed by atoms with van der Waals surface area (Å²) in [4.78, 5) is 9.63. The smallest absolute Gasteiger partial charge is 0.106 e. The van der Waals surface area contributed by atoms with Gasteiger partial charge in [-0.1, -0.05) is 48.9 Å². The topological polar surface area (TPSA) is 44.5 Å². The Hall–Kier alpha value is -2.21. The van der Waals surface area contributed by atoms with Crippen molar-refractivity contribution in [1.29, 1.82) is 0 Å². The summed E-state index contributed by atoms with van der Waals surface area (Å²) in [5.74, 6) is 1.12. The van der Waals surface area contributed by atoms with Gasteiger partial charge in [0.25, 0.3) is 0 Å². The average molecular weight is 407 g/mol. The number of hydrogen-bond acceptors (Lipinski definition) is 4. The Kier molecular flexibility index (Phi) is 7.16. The number of imidazole rings is 1. The molecule has 1 fully saturated rings. The normalized spacial score (nSPS) is 16.9.